The van der Waals surface area contributed by atoms with E-state index < -0.39 is 0 Å². The maximum atomic E-state index is 13.1. The highest BCUT2D eigenvalue weighted by molar-refractivity contribution is 5.27. The largest absolute Gasteiger partial charge is 0.392 e. The smallest absolute Gasteiger partial charge is 0.128 e. The molecule has 1 aliphatic heterocycles. The molecule has 0 radical (unpaired) electrons. The monoisotopic (exact) mass is 195 g/mol. The first-order valence-corrected chi connectivity index (χ1v) is 4.94. The molecule has 76 valence electrons. The molecule has 0 amide bonds. The van der Waals surface area contributed by atoms with Gasteiger partial charge in [0.2, 0.25) is 0 Å². The summed E-state index contributed by atoms with van der Waals surface area (Å²) in [6.07, 6.45) is 2.26. The summed E-state index contributed by atoms with van der Waals surface area (Å²) in [5.41, 5.74) is 1.46. The first-order chi connectivity index (χ1) is 6.81. The van der Waals surface area contributed by atoms with Crippen molar-refractivity contribution in [1.29, 1.82) is 0 Å². The molecule has 2 nitrogen and oxygen atoms in total. The van der Waals surface area contributed by atoms with Gasteiger partial charge in [0, 0.05) is 11.6 Å². The molecule has 14 heavy (non-hydrogen) atoms. The number of nitrogens with one attached hydrogen (secondary N) is 1. The molecular weight excluding hydrogens is 181 g/mol. The summed E-state index contributed by atoms with van der Waals surface area (Å²) in [6.45, 7) is 0.795. The Bertz CT molecular complexity index is 321. The van der Waals surface area contributed by atoms with Crippen LogP contribution < -0.4 is 5.32 Å². The summed E-state index contributed by atoms with van der Waals surface area (Å²) >= 11 is 0. The lowest BCUT2D eigenvalue weighted by atomic mass is 10.0. The normalized spacial score (nSPS) is 21.4. The van der Waals surface area contributed by atoms with Crippen LogP contribution in [0.4, 0.5) is 4.39 Å². The van der Waals surface area contributed by atoms with Crippen molar-refractivity contribution < 1.29 is 9.50 Å². The van der Waals surface area contributed by atoms with Crippen LogP contribution in [0.15, 0.2) is 18.2 Å². The van der Waals surface area contributed by atoms with Gasteiger partial charge in [-0.15, -0.1) is 0 Å². The van der Waals surface area contributed by atoms with Crippen molar-refractivity contribution >= 4 is 0 Å². The van der Waals surface area contributed by atoms with Crippen LogP contribution in [0.25, 0.3) is 0 Å². The maximum Gasteiger partial charge on any atom is 0.128 e. The zero-order valence-corrected chi connectivity index (χ0v) is 7.96. The first kappa shape index (κ1) is 9.62. The van der Waals surface area contributed by atoms with E-state index in [4.69, 9.17) is 5.11 Å². The molecule has 1 saturated heterocycles. The minimum Gasteiger partial charge on any atom is -0.392 e. The molecule has 0 bridgehead atoms. The molecule has 0 saturated carbocycles. The predicted molar refractivity (Wildman–Crippen MR) is 52.3 cm³/mol. The number of hydrogen-bond acceptors (Lipinski definition) is 2. The summed E-state index contributed by atoms with van der Waals surface area (Å²) < 4.78 is 13.1. The van der Waals surface area contributed by atoms with Crippen molar-refractivity contribution in [2.75, 3.05) is 6.54 Å². The van der Waals surface area contributed by atoms with Crippen LogP contribution in [0.1, 0.15) is 30.0 Å². The second-order valence-corrected chi connectivity index (χ2v) is 3.66. The summed E-state index contributed by atoms with van der Waals surface area (Å²) in [6, 6.07) is 5.30. The van der Waals surface area contributed by atoms with Crippen molar-refractivity contribution in [1.82, 2.24) is 5.32 Å². The van der Waals surface area contributed by atoms with E-state index in [0.717, 1.165) is 24.9 Å². The second-order valence-electron chi connectivity index (χ2n) is 3.66. The number of benzene rings is 1. The quantitative estimate of drug-likeness (QED) is 0.753. The third-order valence-electron chi connectivity index (χ3n) is 2.70. The number of rotatable bonds is 2. The van der Waals surface area contributed by atoms with Crippen LogP contribution in [-0.4, -0.2) is 11.7 Å². The van der Waals surface area contributed by atoms with Crippen LogP contribution in [0.5, 0.6) is 0 Å². The molecule has 0 aliphatic carbocycles. The van der Waals surface area contributed by atoms with E-state index in [-0.39, 0.29) is 12.4 Å². The van der Waals surface area contributed by atoms with Crippen LogP contribution >= 0.6 is 0 Å². The SMILES string of the molecule is OCc1cc(C2CCCN2)ccc1F. The Balaban J connectivity index is 2.25. The molecule has 0 aromatic heterocycles. The maximum absolute atomic E-state index is 13.1. The van der Waals surface area contributed by atoms with Gasteiger partial charge in [-0.05, 0) is 37.1 Å². The van der Waals surface area contributed by atoms with Gasteiger partial charge in [-0.3, -0.25) is 0 Å². The molecule has 1 atom stereocenters. The van der Waals surface area contributed by atoms with Gasteiger partial charge < -0.3 is 10.4 Å². The van der Waals surface area contributed by atoms with Gasteiger partial charge in [-0.1, -0.05) is 6.07 Å². The Morgan fingerprint density at radius 2 is 2.36 bits per heavy atom. The van der Waals surface area contributed by atoms with E-state index in [1.54, 1.807) is 12.1 Å². The van der Waals surface area contributed by atoms with Gasteiger partial charge in [0.15, 0.2) is 0 Å². The Morgan fingerprint density at radius 1 is 1.50 bits per heavy atom. The lowest BCUT2D eigenvalue weighted by Gasteiger charge is -2.11. The highest BCUT2D eigenvalue weighted by Crippen LogP contribution is 2.24. The van der Waals surface area contributed by atoms with Crippen LogP contribution in [0.2, 0.25) is 0 Å². The second kappa shape index (κ2) is 4.07. The first-order valence-electron chi connectivity index (χ1n) is 4.94. The molecule has 1 aromatic carbocycles. The molecule has 2 rings (SSSR count). The molecule has 0 spiro atoms. The Labute approximate surface area is 82.8 Å². The van der Waals surface area contributed by atoms with E-state index >= 15 is 0 Å². The lowest BCUT2D eigenvalue weighted by Crippen LogP contribution is -2.13. The number of aliphatic hydroxyl groups excluding tert-OH is 1. The van der Waals surface area contributed by atoms with Crippen LogP contribution in [-0.2, 0) is 6.61 Å². The van der Waals surface area contributed by atoms with Crippen molar-refractivity contribution in [3.63, 3.8) is 0 Å². The van der Waals surface area contributed by atoms with Crippen LogP contribution in [0.3, 0.4) is 0 Å². The highest BCUT2D eigenvalue weighted by Gasteiger charge is 2.16. The van der Waals surface area contributed by atoms with Gasteiger partial charge in [0.25, 0.3) is 0 Å². The van der Waals surface area contributed by atoms with E-state index in [2.05, 4.69) is 5.32 Å². The fourth-order valence-corrected chi connectivity index (χ4v) is 1.90. The zero-order chi connectivity index (χ0) is 9.97. The predicted octanol–water partition coefficient (Wildman–Crippen LogP) is 1.74. The molecule has 3 heteroatoms. The molecule has 1 fully saturated rings. The van der Waals surface area contributed by atoms with Gasteiger partial charge >= 0.3 is 0 Å². The minimum atomic E-state index is -0.325. The molecule has 1 aliphatic rings. The number of halogens is 1. The number of hydrogen-bond donors (Lipinski definition) is 2. The summed E-state index contributed by atoms with van der Waals surface area (Å²) in [7, 11) is 0. The van der Waals surface area contributed by atoms with Gasteiger partial charge in [-0.25, -0.2) is 4.39 Å². The van der Waals surface area contributed by atoms with E-state index in [1.807, 2.05) is 0 Å². The summed E-state index contributed by atoms with van der Waals surface area (Å²) in [5.74, 6) is -0.325. The number of aliphatic hydroxyl groups is 1. The average molecular weight is 195 g/mol. The Kier molecular flexibility index (Phi) is 2.79. The zero-order valence-electron chi connectivity index (χ0n) is 7.96. The van der Waals surface area contributed by atoms with Crippen molar-refractivity contribution in [2.24, 2.45) is 0 Å². The van der Waals surface area contributed by atoms with E-state index in [1.165, 1.54) is 6.07 Å². The fourth-order valence-electron chi connectivity index (χ4n) is 1.90. The molecule has 1 unspecified atom stereocenters. The molecule has 1 aromatic rings. The lowest BCUT2D eigenvalue weighted by molar-refractivity contribution is 0.275. The highest BCUT2D eigenvalue weighted by atomic mass is 19.1. The van der Waals surface area contributed by atoms with Gasteiger partial charge in [0.05, 0.1) is 6.61 Å². The third-order valence-corrected chi connectivity index (χ3v) is 2.70. The fraction of sp³-hybridized carbons (Fsp3) is 0.455. The van der Waals surface area contributed by atoms with Crippen LogP contribution in [0, 0.1) is 5.82 Å². The van der Waals surface area contributed by atoms with Crippen molar-refractivity contribution in [3.05, 3.63) is 35.1 Å². The summed E-state index contributed by atoms with van der Waals surface area (Å²) in [4.78, 5) is 0. The minimum absolute atomic E-state index is 0.230. The third kappa shape index (κ3) is 1.79. The van der Waals surface area contributed by atoms with Crippen molar-refractivity contribution in [3.8, 4) is 0 Å². The Hall–Kier alpha value is -0.930. The van der Waals surface area contributed by atoms with E-state index in [9.17, 15) is 4.39 Å². The van der Waals surface area contributed by atoms with Gasteiger partial charge in [0.1, 0.15) is 5.82 Å². The topological polar surface area (TPSA) is 32.3 Å². The summed E-state index contributed by atoms with van der Waals surface area (Å²) in [5, 5.41) is 12.3. The molecule has 2 N–H and O–H groups in total. The Morgan fingerprint density at radius 3 is 3.00 bits per heavy atom. The van der Waals surface area contributed by atoms with Gasteiger partial charge in [-0.2, -0.15) is 0 Å². The molecular formula is C11H14FNO. The standard InChI is InChI=1S/C11H14FNO/c12-10-4-3-8(6-9(10)7-14)11-2-1-5-13-11/h3-4,6,11,13-14H,1-2,5,7H2. The van der Waals surface area contributed by atoms with E-state index in [0.29, 0.717) is 11.6 Å². The molecule has 1 heterocycles. The van der Waals surface area contributed by atoms with Crippen molar-refractivity contribution in [2.45, 2.75) is 25.5 Å². The average Bonchev–Trinajstić information content (AvgIpc) is 2.71.